The lowest BCUT2D eigenvalue weighted by Crippen LogP contribution is -2.60. The van der Waals surface area contributed by atoms with Crippen LogP contribution in [0.5, 0.6) is 0 Å². The summed E-state index contributed by atoms with van der Waals surface area (Å²) < 4.78 is 11.3. The molecule has 1 aliphatic heterocycles. The topological polar surface area (TPSA) is 149 Å². The third-order valence-electron chi connectivity index (χ3n) is 15.7. The molecule has 442 valence electrons. The van der Waals surface area contributed by atoms with Crippen LogP contribution in [0.4, 0.5) is 0 Å². The van der Waals surface area contributed by atoms with Gasteiger partial charge in [0.1, 0.15) is 24.4 Å². The molecule has 1 fully saturated rings. The number of rotatable bonds is 57. The summed E-state index contributed by atoms with van der Waals surface area (Å²) >= 11 is 0. The highest BCUT2D eigenvalue weighted by molar-refractivity contribution is 5.76. The maximum Gasteiger partial charge on any atom is 0.220 e. The maximum absolute atomic E-state index is 13.1. The Kier molecular flexibility index (Phi) is 53.1. The molecule has 0 bridgehead atoms. The number of hydrogen-bond acceptors (Lipinski definition) is 8. The van der Waals surface area contributed by atoms with Crippen molar-refractivity contribution >= 4 is 5.91 Å². The minimum absolute atomic E-state index is 0.178. The number of aliphatic hydroxyl groups excluding tert-OH is 5. The second-order valence-electron chi connectivity index (χ2n) is 22.9. The molecule has 1 amide bonds. The average Bonchev–Trinajstić information content (AvgIpc) is 3.41. The van der Waals surface area contributed by atoms with Crippen molar-refractivity contribution in [3.63, 3.8) is 0 Å². The van der Waals surface area contributed by atoms with E-state index in [1.807, 2.05) is 6.08 Å². The Morgan fingerprint density at radius 1 is 0.453 bits per heavy atom. The number of carbonyl (C=O) groups is 1. The van der Waals surface area contributed by atoms with Crippen LogP contribution in [0.25, 0.3) is 0 Å². The van der Waals surface area contributed by atoms with E-state index < -0.39 is 49.5 Å². The quantitative estimate of drug-likeness (QED) is 0.0261. The highest BCUT2D eigenvalue weighted by Gasteiger charge is 2.44. The van der Waals surface area contributed by atoms with Crippen molar-refractivity contribution in [1.29, 1.82) is 0 Å². The fourth-order valence-corrected chi connectivity index (χ4v) is 10.5. The Morgan fingerprint density at radius 2 is 0.787 bits per heavy atom. The minimum Gasteiger partial charge on any atom is -0.394 e. The molecular weight excluding hydrogens is 935 g/mol. The van der Waals surface area contributed by atoms with Gasteiger partial charge in [0.25, 0.3) is 0 Å². The fourth-order valence-electron chi connectivity index (χ4n) is 10.5. The fraction of sp³-hybridized carbons (Fsp3) is 0.894. The smallest absolute Gasteiger partial charge is 0.220 e. The number of unbranched alkanes of at least 4 members (excludes halogenated alkanes) is 43. The van der Waals surface area contributed by atoms with Crippen molar-refractivity contribution in [1.82, 2.24) is 5.32 Å². The first kappa shape index (κ1) is 71.4. The summed E-state index contributed by atoms with van der Waals surface area (Å²) in [5.41, 5.74) is 0. The molecule has 6 N–H and O–H groups in total. The first-order valence-electron chi connectivity index (χ1n) is 32.7. The van der Waals surface area contributed by atoms with E-state index in [9.17, 15) is 30.3 Å². The van der Waals surface area contributed by atoms with E-state index in [0.717, 1.165) is 44.9 Å². The van der Waals surface area contributed by atoms with Crippen molar-refractivity contribution in [2.24, 2.45) is 0 Å². The van der Waals surface area contributed by atoms with Gasteiger partial charge in [-0.2, -0.15) is 0 Å². The van der Waals surface area contributed by atoms with Crippen molar-refractivity contribution in [3.05, 3.63) is 36.5 Å². The molecule has 0 spiro atoms. The van der Waals surface area contributed by atoms with Gasteiger partial charge in [-0.25, -0.2) is 0 Å². The molecular formula is C66H125NO8. The lowest BCUT2D eigenvalue weighted by molar-refractivity contribution is -0.302. The number of ether oxygens (including phenoxy) is 2. The molecule has 7 unspecified atom stereocenters. The molecule has 0 radical (unpaired) electrons. The molecule has 1 aliphatic rings. The second kappa shape index (κ2) is 55.7. The zero-order valence-corrected chi connectivity index (χ0v) is 49.3. The van der Waals surface area contributed by atoms with Gasteiger partial charge in [0.2, 0.25) is 5.91 Å². The summed E-state index contributed by atoms with van der Waals surface area (Å²) in [6.45, 7) is 3.79. The SMILES string of the molecule is CCCCC/C=C\C/C=C\CCCCCCCCCCCC(=O)NC(COC1OC(CO)C(O)C(O)C1O)C(O)/C=C/CCCCCCCCCCCCCCCCCCCCCCCCCCCCCCCCC. The third-order valence-corrected chi connectivity index (χ3v) is 15.7. The number of aliphatic hydroxyl groups is 5. The molecule has 7 atom stereocenters. The predicted molar refractivity (Wildman–Crippen MR) is 318 cm³/mol. The molecule has 0 aromatic rings. The van der Waals surface area contributed by atoms with Gasteiger partial charge < -0.3 is 40.3 Å². The van der Waals surface area contributed by atoms with Crippen molar-refractivity contribution in [2.45, 2.75) is 365 Å². The predicted octanol–water partition coefficient (Wildman–Crippen LogP) is 17.1. The highest BCUT2D eigenvalue weighted by Crippen LogP contribution is 2.23. The monoisotopic (exact) mass is 1060 g/mol. The van der Waals surface area contributed by atoms with Gasteiger partial charge in [-0.05, 0) is 51.4 Å². The van der Waals surface area contributed by atoms with E-state index in [-0.39, 0.29) is 12.5 Å². The summed E-state index contributed by atoms with van der Waals surface area (Å²) in [7, 11) is 0. The summed E-state index contributed by atoms with van der Waals surface area (Å²) in [5, 5.41) is 54.6. The summed E-state index contributed by atoms with van der Waals surface area (Å²) in [6, 6.07) is -0.808. The molecule has 0 aliphatic carbocycles. The van der Waals surface area contributed by atoms with Gasteiger partial charge in [0, 0.05) is 6.42 Å². The molecule has 75 heavy (non-hydrogen) atoms. The molecule has 0 aromatic carbocycles. The number of allylic oxidation sites excluding steroid dienone is 5. The lowest BCUT2D eigenvalue weighted by atomic mass is 9.99. The van der Waals surface area contributed by atoms with Crippen LogP contribution in [0.3, 0.4) is 0 Å². The standard InChI is InChI=1S/C66H125NO8/c1-3-5-7-9-11-13-15-17-19-21-23-24-25-26-27-28-29-30-31-32-33-34-35-36-38-39-41-43-45-47-49-51-53-55-60(69)59(58-74-66-65(73)64(72)63(71)61(57-68)75-66)67-62(70)56-54-52-50-48-46-44-42-40-37-22-20-18-16-14-12-10-8-6-4-2/h12,14,18,20,53,55,59-61,63-66,68-69,71-73H,3-11,13,15-17,19,21-52,54,56-58H2,1-2H3,(H,67,70)/b14-12-,20-18-,55-53+. The molecule has 9 nitrogen and oxygen atoms in total. The Labute approximate surface area is 463 Å². The van der Waals surface area contributed by atoms with Crippen molar-refractivity contribution < 1.29 is 39.8 Å². The number of carbonyl (C=O) groups excluding carboxylic acids is 1. The molecule has 0 saturated carbocycles. The van der Waals surface area contributed by atoms with Gasteiger partial charge in [-0.15, -0.1) is 0 Å². The lowest BCUT2D eigenvalue weighted by Gasteiger charge is -2.40. The van der Waals surface area contributed by atoms with Crippen LogP contribution in [-0.4, -0.2) is 87.5 Å². The van der Waals surface area contributed by atoms with Crippen LogP contribution in [0.1, 0.15) is 322 Å². The molecule has 9 heteroatoms. The van der Waals surface area contributed by atoms with Crippen LogP contribution < -0.4 is 5.32 Å². The normalized spacial score (nSPS) is 19.1. The van der Waals surface area contributed by atoms with E-state index in [1.54, 1.807) is 6.08 Å². The van der Waals surface area contributed by atoms with Gasteiger partial charge >= 0.3 is 0 Å². The molecule has 1 saturated heterocycles. The zero-order valence-electron chi connectivity index (χ0n) is 49.3. The van der Waals surface area contributed by atoms with Crippen LogP contribution in [-0.2, 0) is 14.3 Å². The van der Waals surface area contributed by atoms with E-state index in [0.29, 0.717) is 6.42 Å². The van der Waals surface area contributed by atoms with Gasteiger partial charge in [-0.1, -0.05) is 301 Å². The van der Waals surface area contributed by atoms with Crippen molar-refractivity contribution in [2.75, 3.05) is 13.2 Å². The summed E-state index contributed by atoms with van der Waals surface area (Å²) in [5.74, 6) is -0.178. The molecule has 1 heterocycles. The summed E-state index contributed by atoms with van der Waals surface area (Å²) in [6.07, 6.45) is 66.7. The zero-order chi connectivity index (χ0) is 54.3. The van der Waals surface area contributed by atoms with Crippen LogP contribution >= 0.6 is 0 Å². The van der Waals surface area contributed by atoms with E-state index >= 15 is 0 Å². The largest absolute Gasteiger partial charge is 0.394 e. The van der Waals surface area contributed by atoms with E-state index in [4.69, 9.17) is 9.47 Å². The van der Waals surface area contributed by atoms with E-state index in [1.165, 1.54) is 257 Å². The van der Waals surface area contributed by atoms with Crippen LogP contribution in [0.15, 0.2) is 36.5 Å². The Balaban J connectivity index is 2.13. The Hall–Kier alpha value is -1.59. The number of amides is 1. The number of hydrogen-bond donors (Lipinski definition) is 6. The Bertz CT molecular complexity index is 1270. The van der Waals surface area contributed by atoms with Gasteiger partial charge in [0.15, 0.2) is 6.29 Å². The van der Waals surface area contributed by atoms with E-state index in [2.05, 4.69) is 43.5 Å². The van der Waals surface area contributed by atoms with Crippen LogP contribution in [0.2, 0.25) is 0 Å². The number of nitrogens with one attached hydrogen (secondary N) is 1. The molecule has 1 rings (SSSR count). The minimum atomic E-state index is -1.57. The molecule has 0 aromatic heterocycles. The van der Waals surface area contributed by atoms with Crippen molar-refractivity contribution in [3.8, 4) is 0 Å². The third kappa shape index (κ3) is 44.9. The second-order valence-corrected chi connectivity index (χ2v) is 22.9. The first-order chi connectivity index (χ1) is 36.8. The first-order valence-corrected chi connectivity index (χ1v) is 32.7. The van der Waals surface area contributed by atoms with Gasteiger partial charge in [0.05, 0.1) is 25.4 Å². The summed E-state index contributed by atoms with van der Waals surface area (Å²) in [4.78, 5) is 13.1. The van der Waals surface area contributed by atoms with Gasteiger partial charge in [-0.3, -0.25) is 4.79 Å². The highest BCUT2D eigenvalue weighted by atomic mass is 16.7. The van der Waals surface area contributed by atoms with Crippen LogP contribution in [0, 0.1) is 0 Å². The average molecular weight is 1060 g/mol. The Morgan fingerprint density at radius 3 is 1.17 bits per heavy atom. The maximum atomic E-state index is 13.1.